The molecular formula is C32H31ClN2O3. The Labute approximate surface area is 229 Å². The van der Waals surface area contributed by atoms with Crippen LogP contribution in [-0.2, 0) is 29.1 Å². The number of benzene rings is 4. The second-order valence-electron chi connectivity index (χ2n) is 9.01. The first-order valence-corrected chi connectivity index (χ1v) is 12.9. The van der Waals surface area contributed by atoms with Crippen molar-refractivity contribution in [3.05, 3.63) is 136 Å². The molecule has 1 atom stereocenters. The molecule has 0 radical (unpaired) electrons. The number of rotatable bonds is 11. The van der Waals surface area contributed by atoms with Gasteiger partial charge in [-0.2, -0.15) is 0 Å². The molecule has 0 bridgehead atoms. The summed E-state index contributed by atoms with van der Waals surface area (Å²) < 4.78 is 5.23. The van der Waals surface area contributed by atoms with Gasteiger partial charge in [0.25, 0.3) is 0 Å². The number of nitrogens with one attached hydrogen (secondary N) is 1. The van der Waals surface area contributed by atoms with Gasteiger partial charge in [-0.3, -0.25) is 9.59 Å². The Kier molecular flexibility index (Phi) is 9.54. The molecule has 194 valence electrons. The molecule has 0 fully saturated rings. The van der Waals surface area contributed by atoms with Crippen LogP contribution in [0, 0.1) is 0 Å². The van der Waals surface area contributed by atoms with Gasteiger partial charge >= 0.3 is 0 Å². The highest BCUT2D eigenvalue weighted by atomic mass is 35.5. The van der Waals surface area contributed by atoms with E-state index in [4.69, 9.17) is 16.3 Å². The number of halogens is 1. The van der Waals surface area contributed by atoms with Crippen molar-refractivity contribution < 1.29 is 14.3 Å². The Bertz CT molecular complexity index is 1310. The summed E-state index contributed by atoms with van der Waals surface area (Å²) in [4.78, 5) is 29.2. The molecule has 4 aromatic rings. The van der Waals surface area contributed by atoms with Crippen LogP contribution in [-0.4, -0.2) is 23.8 Å². The SMILES string of the molecule is COc1ccc(CNC(=O)C(c2ccccc2)N(Cc2ccc(Cl)cc2)C(=O)CCc2ccccc2)cc1. The summed E-state index contributed by atoms with van der Waals surface area (Å²) >= 11 is 6.10. The van der Waals surface area contributed by atoms with Gasteiger partial charge < -0.3 is 15.0 Å². The first kappa shape index (κ1) is 27.0. The lowest BCUT2D eigenvalue weighted by Crippen LogP contribution is -2.43. The maximum Gasteiger partial charge on any atom is 0.247 e. The van der Waals surface area contributed by atoms with Crippen molar-refractivity contribution in [3.8, 4) is 5.75 Å². The Morgan fingerprint density at radius 3 is 2.03 bits per heavy atom. The van der Waals surface area contributed by atoms with Crippen LogP contribution >= 0.6 is 11.6 Å². The highest BCUT2D eigenvalue weighted by Gasteiger charge is 2.31. The van der Waals surface area contributed by atoms with E-state index < -0.39 is 6.04 Å². The second kappa shape index (κ2) is 13.5. The minimum absolute atomic E-state index is 0.0998. The predicted octanol–water partition coefficient (Wildman–Crippen LogP) is 6.37. The lowest BCUT2D eigenvalue weighted by Gasteiger charge is -2.32. The molecule has 2 amide bonds. The van der Waals surface area contributed by atoms with Crippen LogP contribution in [0.4, 0.5) is 0 Å². The molecule has 0 aliphatic carbocycles. The van der Waals surface area contributed by atoms with Crippen LogP contribution in [0.5, 0.6) is 5.75 Å². The van der Waals surface area contributed by atoms with E-state index in [9.17, 15) is 9.59 Å². The standard InChI is InChI=1S/C32H31ClN2O3/c1-38-29-19-14-25(15-20-29)22-34-32(37)31(27-10-6-3-7-11-27)35(23-26-12-17-28(33)18-13-26)30(36)21-16-24-8-4-2-5-9-24/h2-15,17-20,31H,16,21-23H2,1H3,(H,34,37). The molecule has 1 unspecified atom stereocenters. The monoisotopic (exact) mass is 526 g/mol. The fraction of sp³-hybridized carbons (Fsp3) is 0.188. The Balaban J connectivity index is 1.61. The minimum atomic E-state index is -0.798. The average Bonchev–Trinajstić information content (AvgIpc) is 2.97. The number of carbonyl (C=O) groups excluding carboxylic acids is 2. The van der Waals surface area contributed by atoms with Crippen molar-refractivity contribution >= 4 is 23.4 Å². The van der Waals surface area contributed by atoms with Crippen LogP contribution in [0.1, 0.15) is 34.7 Å². The van der Waals surface area contributed by atoms with Gasteiger partial charge in [0.1, 0.15) is 11.8 Å². The number of hydrogen-bond acceptors (Lipinski definition) is 3. The molecule has 0 aliphatic rings. The van der Waals surface area contributed by atoms with Gasteiger partial charge in [0.15, 0.2) is 0 Å². The smallest absolute Gasteiger partial charge is 0.247 e. The lowest BCUT2D eigenvalue weighted by molar-refractivity contribution is -0.141. The average molecular weight is 527 g/mol. The molecule has 4 aromatic carbocycles. The largest absolute Gasteiger partial charge is 0.497 e. The molecule has 6 heteroatoms. The first-order valence-electron chi connectivity index (χ1n) is 12.6. The summed E-state index contributed by atoms with van der Waals surface area (Å²) in [5, 5.41) is 3.66. The lowest BCUT2D eigenvalue weighted by atomic mass is 10.0. The second-order valence-corrected chi connectivity index (χ2v) is 9.45. The van der Waals surface area contributed by atoms with Crippen molar-refractivity contribution in [3.63, 3.8) is 0 Å². The van der Waals surface area contributed by atoms with Crippen LogP contribution in [0.15, 0.2) is 109 Å². The number of hydrogen-bond donors (Lipinski definition) is 1. The number of nitrogens with zero attached hydrogens (tertiary/aromatic N) is 1. The van der Waals surface area contributed by atoms with E-state index >= 15 is 0 Å². The molecule has 4 rings (SSSR count). The van der Waals surface area contributed by atoms with Gasteiger partial charge in [-0.25, -0.2) is 0 Å². The molecule has 0 aromatic heterocycles. The highest BCUT2D eigenvalue weighted by molar-refractivity contribution is 6.30. The highest BCUT2D eigenvalue weighted by Crippen LogP contribution is 2.26. The normalized spacial score (nSPS) is 11.4. The topological polar surface area (TPSA) is 58.6 Å². The minimum Gasteiger partial charge on any atom is -0.497 e. The zero-order valence-corrected chi connectivity index (χ0v) is 22.1. The summed E-state index contributed by atoms with van der Waals surface area (Å²) in [5.74, 6) is 0.409. The van der Waals surface area contributed by atoms with Gasteiger partial charge in [-0.1, -0.05) is 96.5 Å². The van der Waals surface area contributed by atoms with Crippen molar-refractivity contribution in [1.82, 2.24) is 10.2 Å². The van der Waals surface area contributed by atoms with Crippen molar-refractivity contribution in [2.24, 2.45) is 0 Å². The quantitative estimate of drug-likeness (QED) is 0.247. The molecule has 5 nitrogen and oxygen atoms in total. The van der Waals surface area contributed by atoms with Crippen LogP contribution < -0.4 is 10.1 Å². The molecule has 1 N–H and O–H groups in total. The zero-order valence-electron chi connectivity index (χ0n) is 21.3. The van der Waals surface area contributed by atoms with Crippen LogP contribution in [0.25, 0.3) is 0 Å². The van der Waals surface area contributed by atoms with E-state index in [1.54, 1.807) is 24.1 Å². The third-order valence-corrected chi connectivity index (χ3v) is 6.61. The third-order valence-electron chi connectivity index (χ3n) is 6.36. The fourth-order valence-corrected chi connectivity index (χ4v) is 4.41. The van der Waals surface area contributed by atoms with Crippen molar-refractivity contribution in [2.75, 3.05) is 7.11 Å². The van der Waals surface area contributed by atoms with E-state index in [1.807, 2.05) is 97.1 Å². The summed E-state index contributed by atoms with van der Waals surface area (Å²) in [5.41, 5.74) is 3.66. The number of carbonyl (C=O) groups is 2. The summed E-state index contributed by atoms with van der Waals surface area (Å²) in [6, 6.07) is 33.4. The van der Waals surface area contributed by atoms with Gasteiger partial charge in [0, 0.05) is 24.5 Å². The molecule has 0 heterocycles. The molecule has 0 saturated heterocycles. The summed E-state index contributed by atoms with van der Waals surface area (Å²) in [6.45, 7) is 0.611. The Hall–Kier alpha value is -4.09. The summed E-state index contributed by atoms with van der Waals surface area (Å²) in [6.07, 6.45) is 0.873. The zero-order chi connectivity index (χ0) is 26.7. The van der Waals surface area contributed by atoms with Crippen LogP contribution in [0.2, 0.25) is 5.02 Å². The fourth-order valence-electron chi connectivity index (χ4n) is 4.29. The number of aryl methyl sites for hydroxylation is 1. The Morgan fingerprint density at radius 2 is 1.39 bits per heavy atom. The van der Waals surface area contributed by atoms with Gasteiger partial charge in [-0.15, -0.1) is 0 Å². The van der Waals surface area contributed by atoms with Crippen LogP contribution in [0.3, 0.4) is 0 Å². The van der Waals surface area contributed by atoms with E-state index in [0.717, 1.165) is 28.0 Å². The third kappa shape index (κ3) is 7.46. The number of ether oxygens (including phenoxy) is 1. The number of methoxy groups -OCH3 is 1. The van der Waals surface area contributed by atoms with E-state index in [2.05, 4.69) is 5.32 Å². The molecule has 0 aliphatic heterocycles. The number of amides is 2. The first-order chi connectivity index (χ1) is 18.5. The van der Waals surface area contributed by atoms with E-state index in [0.29, 0.717) is 18.0 Å². The van der Waals surface area contributed by atoms with E-state index in [-0.39, 0.29) is 24.8 Å². The van der Waals surface area contributed by atoms with E-state index in [1.165, 1.54) is 0 Å². The molecular weight excluding hydrogens is 496 g/mol. The van der Waals surface area contributed by atoms with Gasteiger partial charge in [0.05, 0.1) is 7.11 Å². The molecule has 0 saturated carbocycles. The maximum absolute atomic E-state index is 13.8. The van der Waals surface area contributed by atoms with Crippen molar-refractivity contribution in [1.29, 1.82) is 0 Å². The van der Waals surface area contributed by atoms with Gasteiger partial charge in [0.2, 0.25) is 11.8 Å². The van der Waals surface area contributed by atoms with Crippen molar-refractivity contribution in [2.45, 2.75) is 32.0 Å². The Morgan fingerprint density at radius 1 is 0.789 bits per heavy atom. The molecule has 0 spiro atoms. The van der Waals surface area contributed by atoms with Gasteiger partial charge in [-0.05, 0) is 52.9 Å². The molecule has 38 heavy (non-hydrogen) atoms. The predicted molar refractivity (Wildman–Crippen MR) is 151 cm³/mol. The maximum atomic E-state index is 13.8. The summed E-state index contributed by atoms with van der Waals surface area (Å²) in [7, 11) is 1.62.